The van der Waals surface area contributed by atoms with E-state index in [2.05, 4.69) is 20.2 Å². The number of benzene rings is 1. The zero-order valence-electron chi connectivity index (χ0n) is 17.6. The van der Waals surface area contributed by atoms with Crippen molar-refractivity contribution in [3.05, 3.63) is 80.7 Å². The van der Waals surface area contributed by atoms with Gasteiger partial charge in [-0.25, -0.2) is 15.0 Å². The SMILES string of the molecule is O=[N+]([O-])c1ccc(NC[CH]c2ncc(CN3CCOCC3)c(-c3ccc(Cl)cc3Cl)n2)nc1. The van der Waals surface area contributed by atoms with Crippen LogP contribution in [0.25, 0.3) is 11.3 Å². The number of halogens is 2. The fourth-order valence-electron chi connectivity index (χ4n) is 3.39. The first-order chi connectivity index (χ1) is 16.0. The number of ether oxygens (including phenoxy) is 1. The van der Waals surface area contributed by atoms with Crippen LogP contribution in [0.1, 0.15) is 11.4 Å². The minimum absolute atomic E-state index is 0.0618. The van der Waals surface area contributed by atoms with Gasteiger partial charge in [0.1, 0.15) is 17.8 Å². The van der Waals surface area contributed by atoms with Crippen LogP contribution in [-0.2, 0) is 11.3 Å². The molecule has 1 radical (unpaired) electrons. The Morgan fingerprint density at radius 1 is 1.15 bits per heavy atom. The summed E-state index contributed by atoms with van der Waals surface area (Å²) in [4.78, 5) is 25.9. The molecule has 0 bridgehead atoms. The summed E-state index contributed by atoms with van der Waals surface area (Å²) in [6.07, 6.45) is 4.84. The minimum atomic E-state index is -0.487. The molecule has 171 valence electrons. The van der Waals surface area contributed by atoms with Gasteiger partial charge in [0, 0.05) is 61.0 Å². The highest BCUT2D eigenvalue weighted by Gasteiger charge is 2.18. The van der Waals surface area contributed by atoms with Crippen molar-refractivity contribution in [3.63, 3.8) is 0 Å². The molecule has 1 N–H and O–H groups in total. The van der Waals surface area contributed by atoms with Crippen LogP contribution < -0.4 is 5.32 Å². The van der Waals surface area contributed by atoms with Crippen LogP contribution in [0.3, 0.4) is 0 Å². The van der Waals surface area contributed by atoms with Crippen LogP contribution >= 0.6 is 23.2 Å². The van der Waals surface area contributed by atoms with E-state index in [0.717, 1.165) is 29.9 Å². The van der Waals surface area contributed by atoms with Crippen LogP contribution in [0.2, 0.25) is 10.0 Å². The minimum Gasteiger partial charge on any atom is -0.379 e. The first-order valence-corrected chi connectivity index (χ1v) is 11.0. The molecule has 9 nitrogen and oxygen atoms in total. The number of nitrogens with one attached hydrogen (secondary N) is 1. The Morgan fingerprint density at radius 3 is 2.67 bits per heavy atom. The zero-order chi connectivity index (χ0) is 23.2. The summed E-state index contributed by atoms with van der Waals surface area (Å²) in [5, 5.41) is 14.9. The average molecular weight is 488 g/mol. The molecule has 1 aliphatic heterocycles. The lowest BCUT2D eigenvalue weighted by molar-refractivity contribution is -0.385. The molecule has 0 unspecified atom stereocenters. The maximum Gasteiger partial charge on any atom is 0.287 e. The van der Waals surface area contributed by atoms with E-state index in [4.69, 9.17) is 32.9 Å². The predicted octanol–water partition coefficient (Wildman–Crippen LogP) is 4.25. The van der Waals surface area contributed by atoms with Gasteiger partial charge < -0.3 is 10.1 Å². The Balaban J connectivity index is 1.51. The number of pyridine rings is 1. The molecule has 4 rings (SSSR count). The Bertz CT molecular complexity index is 1120. The van der Waals surface area contributed by atoms with Gasteiger partial charge in [-0.1, -0.05) is 23.2 Å². The summed E-state index contributed by atoms with van der Waals surface area (Å²) in [5.41, 5.74) is 2.43. The summed E-state index contributed by atoms with van der Waals surface area (Å²) in [6, 6.07) is 8.29. The number of morpholine rings is 1. The fourth-order valence-corrected chi connectivity index (χ4v) is 3.89. The topological polar surface area (TPSA) is 106 Å². The summed E-state index contributed by atoms with van der Waals surface area (Å²) in [7, 11) is 0. The van der Waals surface area contributed by atoms with E-state index >= 15 is 0 Å². The largest absolute Gasteiger partial charge is 0.379 e. The molecule has 1 aliphatic rings. The molecule has 3 aromatic rings. The van der Waals surface area contributed by atoms with E-state index in [1.165, 1.54) is 12.3 Å². The molecule has 0 aliphatic carbocycles. The van der Waals surface area contributed by atoms with E-state index in [1.54, 1.807) is 18.2 Å². The number of rotatable bonds is 8. The number of nitrogens with zero attached hydrogens (tertiary/aromatic N) is 5. The number of anilines is 1. The first kappa shape index (κ1) is 23.3. The molecule has 0 atom stereocenters. The van der Waals surface area contributed by atoms with Crippen LogP contribution in [0.4, 0.5) is 11.5 Å². The number of nitro groups is 1. The van der Waals surface area contributed by atoms with Crippen molar-refractivity contribution in [2.24, 2.45) is 0 Å². The van der Waals surface area contributed by atoms with Crippen LogP contribution in [0, 0.1) is 16.5 Å². The zero-order valence-corrected chi connectivity index (χ0v) is 19.1. The second-order valence-electron chi connectivity index (χ2n) is 7.36. The van der Waals surface area contributed by atoms with Gasteiger partial charge in [-0.05, 0) is 24.3 Å². The highest BCUT2D eigenvalue weighted by atomic mass is 35.5. The molecule has 33 heavy (non-hydrogen) atoms. The molecule has 3 heterocycles. The monoisotopic (exact) mass is 487 g/mol. The maximum absolute atomic E-state index is 10.8. The van der Waals surface area contributed by atoms with E-state index in [9.17, 15) is 10.1 Å². The number of aromatic nitrogens is 3. The van der Waals surface area contributed by atoms with Crippen molar-refractivity contribution in [2.45, 2.75) is 6.54 Å². The lowest BCUT2D eigenvalue weighted by Gasteiger charge is -2.27. The normalized spacial score (nSPS) is 14.2. The quantitative estimate of drug-likeness (QED) is 0.371. The number of hydrogen-bond acceptors (Lipinski definition) is 8. The Kier molecular flexibility index (Phi) is 7.66. The lowest BCUT2D eigenvalue weighted by Crippen LogP contribution is -2.35. The highest BCUT2D eigenvalue weighted by Crippen LogP contribution is 2.32. The molecule has 11 heteroatoms. The van der Waals surface area contributed by atoms with Crippen molar-refractivity contribution in [1.82, 2.24) is 19.9 Å². The number of hydrogen-bond donors (Lipinski definition) is 1. The van der Waals surface area contributed by atoms with Crippen LogP contribution in [-0.4, -0.2) is 57.6 Å². The van der Waals surface area contributed by atoms with Gasteiger partial charge in [-0.2, -0.15) is 0 Å². The van der Waals surface area contributed by atoms with Crippen molar-refractivity contribution >= 4 is 34.7 Å². The van der Waals surface area contributed by atoms with Gasteiger partial charge >= 0.3 is 0 Å². The standard InChI is InChI=1S/C22H21Cl2N6O3/c23-16-1-3-18(19(24)11-16)22-15(14-29-7-9-33-10-8-29)12-26-21(28-22)5-6-25-20-4-2-17(13-27-20)30(31)32/h1-5,11-13H,6-10,14H2,(H,25,27). The molecule has 2 aromatic heterocycles. The molecule has 0 amide bonds. The van der Waals surface area contributed by atoms with E-state index < -0.39 is 4.92 Å². The Morgan fingerprint density at radius 2 is 1.97 bits per heavy atom. The predicted molar refractivity (Wildman–Crippen MR) is 126 cm³/mol. The average Bonchev–Trinajstić information content (AvgIpc) is 2.81. The summed E-state index contributed by atoms with van der Waals surface area (Å²) in [6.45, 7) is 4.16. The lowest BCUT2D eigenvalue weighted by atomic mass is 10.1. The molecule has 1 fully saturated rings. The molecule has 0 saturated carbocycles. The summed E-state index contributed by atoms with van der Waals surface area (Å²) < 4.78 is 5.44. The third kappa shape index (κ3) is 6.14. The summed E-state index contributed by atoms with van der Waals surface area (Å²) >= 11 is 12.6. The van der Waals surface area contributed by atoms with Crippen LogP contribution in [0.15, 0.2) is 42.7 Å². The fraction of sp³-hybridized carbons (Fsp3) is 0.273. The Labute approximate surface area is 200 Å². The molecular weight excluding hydrogens is 467 g/mol. The second kappa shape index (κ2) is 10.8. The van der Waals surface area contributed by atoms with Gasteiger partial charge in [0.25, 0.3) is 5.69 Å². The molecular formula is C22H21Cl2N6O3. The van der Waals surface area contributed by atoms with Gasteiger partial charge in [0.15, 0.2) is 0 Å². The van der Waals surface area contributed by atoms with Gasteiger partial charge in [0.05, 0.1) is 28.9 Å². The van der Waals surface area contributed by atoms with Crippen molar-refractivity contribution in [2.75, 3.05) is 38.2 Å². The summed E-state index contributed by atoms with van der Waals surface area (Å²) in [5.74, 6) is 1.04. The smallest absolute Gasteiger partial charge is 0.287 e. The molecule has 0 spiro atoms. The first-order valence-electron chi connectivity index (χ1n) is 10.3. The van der Waals surface area contributed by atoms with Gasteiger partial charge in [-0.15, -0.1) is 0 Å². The van der Waals surface area contributed by atoms with E-state index in [1.807, 2.05) is 18.7 Å². The Hall–Kier alpha value is -2.85. The van der Waals surface area contributed by atoms with Crippen molar-refractivity contribution in [1.29, 1.82) is 0 Å². The van der Waals surface area contributed by atoms with Gasteiger partial charge in [-0.3, -0.25) is 15.0 Å². The maximum atomic E-state index is 10.8. The molecule has 1 saturated heterocycles. The molecule has 1 aromatic carbocycles. The second-order valence-corrected chi connectivity index (χ2v) is 8.20. The van der Waals surface area contributed by atoms with Crippen molar-refractivity contribution < 1.29 is 9.66 Å². The van der Waals surface area contributed by atoms with Gasteiger partial charge in [0.2, 0.25) is 0 Å². The van der Waals surface area contributed by atoms with E-state index in [0.29, 0.717) is 48.0 Å². The highest BCUT2D eigenvalue weighted by molar-refractivity contribution is 6.36. The van der Waals surface area contributed by atoms with Crippen molar-refractivity contribution in [3.8, 4) is 11.3 Å². The van der Waals surface area contributed by atoms with E-state index in [-0.39, 0.29) is 5.69 Å². The third-order valence-corrected chi connectivity index (χ3v) is 5.64. The third-order valence-electron chi connectivity index (χ3n) is 5.09. The van der Waals surface area contributed by atoms with Crippen LogP contribution in [0.5, 0.6) is 0 Å².